The molecule has 0 aliphatic carbocycles. The van der Waals surface area contributed by atoms with Crippen LogP contribution in [0.2, 0.25) is 0 Å². The zero-order valence-corrected chi connectivity index (χ0v) is 9.99. The summed E-state index contributed by atoms with van der Waals surface area (Å²) in [6.07, 6.45) is 0. The average Bonchev–Trinajstić information content (AvgIpc) is 2.27. The summed E-state index contributed by atoms with van der Waals surface area (Å²) in [5.41, 5.74) is 1.64. The van der Waals surface area contributed by atoms with Gasteiger partial charge in [0.2, 0.25) is 0 Å². The Kier molecular flexibility index (Phi) is 4.05. The van der Waals surface area contributed by atoms with E-state index in [1.165, 1.54) is 5.56 Å². The Morgan fingerprint density at radius 1 is 1.38 bits per heavy atom. The first-order chi connectivity index (χ1) is 7.48. The maximum absolute atomic E-state index is 9.16. The van der Waals surface area contributed by atoms with Gasteiger partial charge in [-0.2, -0.15) is 5.26 Å². The Hall–Kier alpha value is -1.37. The molecule has 0 aliphatic heterocycles. The third kappa shape index (κ3) is 3.34. The monoisotopic (exact) mass is 218 g/mol. The minimum Gasteiger partial charge on any atom is -0.394 e. The van der Waals surface area contributed by atoms with Crippen LogP contribution in [0.25, 0.3) is 0 Å². The van der Waals surface area contributed by atoms with Crippen LogP contribution in [0.3, 0.4) is 0 Å². The van der Waals surface area contributed by atoms with E-state index in [2.05, 4.69) is 11.4 Å². The molecule has 0 spiro atoms. The van der Waals surface area contributed by atoms with E-state index in [4.69, 9.17) is 10.4 Å². The van der Waals surface area contributed by atoms with Crippen molar-refractivity contribution in [3.63, 3.8) is 0 Å². The summed E-state index contributed by atoms with van der Waals surface area (Å²) < 4.78 is 0. The Labute approximate surface area is 96.7 Å². The summed E-state index contributed by atoms with van der Waals surface area (Å²) in [5, 5.41) is 21.4. The molecule has 0 bridgehead atoms. The smallest absolute Gasteiger partial charge is 0.121 e. The van der Waals surface area contributed by atoms with Gasteiger partial charge in [-0.25, -0.2) is 0 Å². The molecular formula is C13H18N2O. The van der Waals surface area contributed by atoms with E-state index in [9.17, 15) is 0 Å². The van der Waals surface area contributed by atoms with Crippen LogP contribution in [-0.4, -0.2) is 17.3 Å². The van der Waals surface area contributed by atoms with E-state index < -0.39 is 5.54 Å². The number of nitrogens with zero attached hydrogens (tertiary/aromatic N) is 1. The second kappa shape index (κ2) is 5.11. The number of aryl methyl sites for hydroxylation is 1. The van der Waals surface area contributed by atoms with Gasteiger partial charge in [-0.15, -0.1) is 0 Å². The van der Waals surface area contributed by atoms with Crippen molar-refractivity contribution < 1.29 is 5.11 Å². The van der Waals surface area contributed by atoms with Gasteiger partial charge in [-0.3, -0.25) is 5.32 Å². The summed E-state index contributed by atoms with van der Waals surface area (Å²) in [7, 11) is 0. The molecule has 1 aromatic rings. The normalized spacial score (nSPS) is 13.2. The highest BCUT2D eigenvalue weighted by Gasteiger charge is 2.21. The Bertz CT molecular complexity index is 376. The molecule has 2 N–H and O–H groups in total. The van der Waals surface area contributed by atoms with Crippen molar-refractivity contribution in [2.24, 2.45) is 0 Å². The molecular weight excluding hydrogens is 200 g/mol. The highest BCUT2D eigenvalue weighted by atomic mass is 16.3. The summed E-state index contributed by atoms with van der Waals surface area (Å²) in [6, 6.07) is 9.65. The molecule has 0 aliphatic rings. The van der Waals surface area contributed by atoms with Crippen molar-refractivity contribution in [1.29, 1.82) is 5.26 Å². The fourth-order valence-electron chi connectivity index (χ4n) is 1.39. The minimum atomic E-state index is -0.453. The van der Waals surface area contributed by atoms with E-state index in [1.807, 2.05) is 45.0 Å². The van der Waals surface area contributed by atoms with Crippen molar-refractivity contribution in [3.8, 4) is 6.07 Å². The molecule has 0 radical (unpaired) electrons. The topological polar surface area (TPSA) is 56.0 Å². The third-order valence-corrected chi connectivity index (χ3v) is 2.47. The van der Waals surface area contributed by atoms with Gasteiger partial charge in [0.25, 0.3) is 0 Å². The molecule has 1 aromatic carbocycles. The van der Waals surface area contributed by atoms with Crippen LogP contribution in [0.15, 0.2) is 24.3 Å². The fourth-order valence-corrected chi connectivity index (χ4v) is 1.39. The lowest BCUT2D eigenvalue weighted by Crippen LogP contribution is -2.44. The summed E-state index contributed by atoms with van der Waals surface area (Å²) in [5.74, 6) is 0. The van der Waals surface area contributed by atoms with Gasteiger partial charge in [-0.05, 0) is 26.3 Å². The number of rotatable bonds is 4. The lowest BCUT2D eigenvalue weighted by atomic mass is 10.0. The van der Waals surface area contributed by atoms with Gasteiger partial charge in [-0.1, -0.05) is 29.8 Å². The predicted molar refractivity (Wildman–Crippen MR) is 63.8 cm³/mol. The number of hydrogen-bond donors (Lipinski definition) is 2. The highest BCUT2D eigenvalue weighted by molar-refractivity contribution is 5.28. The zero-order chi connectivity index (χ0) is 12.2. The first kappa shape index (κ1) is 12.7. The molecule has 1 unspecified atom stereocenters. The molecule has 3 heteroatoms. The molecule has 0 saturated heterocycles. The van der Waals surface area contributed by atoms with Gasteiger partial charge in [0.15, 0.2) is 0 Å². The average molecular weight is 218 g/mol. The number of benzene rings is 1. The summed E-state index contributed by atoms with van der Waals surface area (Å²) >= 11 is 0. The largest absolute Gasteiger partial charge is 0.394 e. The van der Waals surface area contributed by atoms with Crippen LogP contribution in [0.1, 0.15) is 31.0 Å². The molecule has 86 valence electrons. The van der Waals surface area contributed by atoms with Gasteiger partial charge in [0.05, 0.1) is 12.7 Å². The minimum absolute atomic E-state index is 0.00294. The second-order valence-electron chi connectivity index (χ2n) is 4.66. The number of aliphatic hydroxyl groups is 1. The quantitative estimate of drug-likeness (QED) is 0.811. The molecule has 1 rings (SSSR count). The van der Waals surface area contributed by atoms with E-state index in [0.717, 1.165) is 5.56 Å². The lowest BCUT2D eigenvalue weighted by Gasteiger charge is -2.27. The van der Waals surface area contributed by atoms with Crippen molar-refractivity contribution >= 4 is 0 Å². The van der Waals surface area contributed by atoms with Gasteiger partial charge < -0.3 is 5.11 Å². The van der Waals surface area contributed by atoms with Gasteiger partial charge in [0.1, 0.15) is 6.04 Å². The van der Waals surface area contributed by atoms with Crippen molar-refractivity contribution in [3.05, 3.63) is 35.4 Å². The molecule has 16 heavy (non-hydrogen) atoms. The van der Waals surface area contributed by atoms with Crippen LogP contribution >= 0.6 is 0 Å². The Morgan fingerprint density at radius 3 is 2.38 bits per heavy atom. The molecule has 0 saturated carbocycles. The molecule has 1 atom stereocenters. The van der Waals surface area contributed by atoms with Crippen LogP contribution in [0.4, 0.5) is 0 Å². The summed E-state index contributed by atoms with van der Waals surface area (Å²) in [6.45, 7) is 5.74. The van der Waals surface area contributed by atoms with E-state index in [0.29, 0.717) is 0 Å². The first-order valence-corrected chi connectivity index (χ1v) is 5.33. The van der Waals surface area contributed by atoms with Crippen molar-refractivity contribution in [2.45, 2.75) is 32.4 Å². The SMILES string of the molecule is Cc1ccc(C(C#N)NC(C)(C)CO)cc1. The Balaban J connectivity index is 2.84. The first-order valence-electron chi connectivity index (χ1n) is 5.33. The lowest BCUT2D eigenvalue weighted by molar-refractivity contribution is 0.182. The van der Waals surface area contributed by atoms with E-state index in [1.54, 1.807) is 0 Å². The fraction of sp³-hybridized carbons (Fsp3) is 0.462. The molecule has 0 amide bonds. The third-order valence-electron chi connectivity index (χ3n) is 2.47. The number of nitrogens with one attached hydrogen (secondary N) is 1. The van der Waals surface area contributed by atoms with Crippen LogP contribution < -0.4 is 5.32 Å². The Morgan fingerprint density at radius 2 is 1.94 bits per heavy atom. The maximum atomic E-state index is 9.16. The standard InChI is InChI=1S/C13H18N2O/c1-10-4-6-11(7-5-10)12(8-14)15-13(2,3)9-16/h4-7,12,15-16H,9H2,1-3H3. The predicted octanol–water partition coefficient (Wildman–Crippen LogP) is 1.92. The van der Waals surface area contributed by atoms with Crippen molar-refractivity contribution in [2.75, 3.05) is 6.61 Å². The molecule has 0 fully saturated rings. The van der Waals surface area contributed by atoms with E-state index >= 15 is 0 Å². The van der Waals surface area contributed by atoms with Crippen LogP contribution in [-0.2, 0) is 0 Å². The highest BCUT2D eigenvalue weighted by Crippen LogP contribution is 2.16. The van der Waals surface area contributed by atoms with Crippen LogP contribution in [0.5, 0.6) is 0 Å². The van der Waals surface area contributed by atoms with E-state index in [-0.39, 0.29) is 12.6 Å². The number of aliphatic hydroxyl groups excluding tert-OH is 1. The second-order valence-corrected chi connectivity index (χ2v) is 4.66. The van der Waals surface area contributed by atoms with Gasteiger partial charge in [0, 0.05) is 5.54 Å². The maximum Gasteiger partial charge on any atom is 0.121 e. The van der Waals surface area contributed by atoms with Gasteiger partial charge >= 0.3 is 0 Å². The summed E-state index contributed by atoms with van der Waals surface area (Å²) in [4.78, 5) is 0. The molecule has 0 heterocycles. The van der Waals surface area contributed by atoms with Crippen LogP contribution in [0, 0.1) is 18.3 Å². The number of nitriles is 1. The van der Waals surface area contributed by atoms with Crippen molar-refractivity contribution in [1.82, 2.24) is 5.32 Å². The zero-order valence-electron chi connectivity index (χ0n) is 9.99. The number of hydrogen-bond acceptors (Lipinski definition) is 3. The molecule has 0 aromatic heterocycles. The molecule has 3 nitrogen and oxygen atoms in total.